The molecule has 0 aliphatic rings. The summed E-state index contributed by atoms with van der Waals surface area (Å²) >= 11 is 0. The predicted octanol–water partition coefficient (Wildman–Crippen LogP) is 1.46. The minimum Gasteiger partial charge on any atom is -0.453 e. The van der Waals surface area contributed by atoms with Gasteiger partial charge in [0.15, 0.2) is 12.0 Å². The van der Waals surface area contributed by atoms with Gasteiger partial charge in [-0.3, -0.25) is 4.79 Å². The van der Waals surface area contributed by atoms with Crippen LogP contribution in [-0.4, -0.2) is 23.5 Å². The Labute approximate surface area is 111 Å². The van der Waals surface area contributed by atoms with Crippen LogP contribution in [0.5, 0.6) is 0 Å². The Kier molecular flexibility index (Phi) is 3.69. The fourth-order valence-corrected chi connectivity index (χ4v) is 1.73. The van der Waals surface area contributed by atoms with E-state index in [1.54, 1.807) is 0 Å². The van der Waals surface area contributed by atoms with Gasteiger partial charge in [0.2, 0.25) is 0 Å². The van der Waals surface area contributed by atoms with Crippen molar-refractivity contribution in [2.75, 3.05) is 0 Å². The summed E-state index contributed by atoms with van der Waals surface area (Å²) in [5.41, 5.74) is -1.24. The standard InChI is InChI=1S/C12H8BF3O4/c14-12(15,16)7-1-3-10(13(18)19)9(5-7)11-4-2-8(6-17)20-11/h1-6,18-19H. The highest BCUT2D eigenvalue weighted by atomic mass is 19.4. The third-order valence-electron chi connectivity index (χ3n) is 2.67. The largest absolute Gasteiger partial charge is 0.489 e. The Morgan fingerprint density at radius 2 is 1.85 bits per heavy atom. The Hall–Kier alpha value is -2.06. The summed E-state index contributed by atoms with van der Waals surface area (Å²) in [6, 6.07) is 4.98. The zero-order valence-electron chi connectivity index (χ0n) is 9.89. The first kappa shape index (κ1) is 14.4. The highest BCUT2D eigenvalue weighted by Crippen LogP contribution is 2.32. The molecule has 20 heavy (non-hydrogen) atoms. The molecule has 2 aromatic rings. The molecule has 4 nitrogen and oxygen atoms in total. The van der Waals surface area contributed by atoms with Gasteiger partial charge in [-0.1, -0.05) is 12.1 Å². The maximum absolute atomic E-state index is 12.7. The van der Waals surface area contributed by atoms with Crippen LogP contribution >= 0.6 is 0 Å². The van der Waals surface area contributed by atoms with Crippen LogP contribution < -0.4 is 5.46 Å². The van der Waals surface area contributed by atoms with Gasteiger partial charge in [-0.25, -0.2) is 0 Å². The van der Waals surface area contributed by atoms with Gasteiger partial charge in [0.05, 0.1) is 5.56 Å². The van der Waals surface area contributed by atoms with Crippen LogP contribution in [0.2, 0.25) is 0 Å². The zero-order valence-corrected chi connectivity index (χ0v) is 9.89. The van der Waals surface area contributed by atoms with Gasteiger partial charge in [-0.15, -0.1) is 0 Å². The molecule has 0 aliphatic carbocycles. The molecule has 0 amide bonds. The molecule has 0 bridgehead atoms. The summed E-state index contributed by atoms with van der Waals surface area (Å²) in [5.74, 6) is -0.128. The van der Waals surface area contributed by atoms with E-state index in [1.165, 1.54) is 12.1 Å². The highest BCUT2D eigenvalue weighted by Gasteiger charge is 2.32. The molecule has 0 unspecified atom stereocenters. The van der Waals surface area contributed by atoms with Gasteiger partial charge < -0.3 is 14.5 Å². The van der Waals surface area contributed by atoms with Gasteiger partial charge in [0.1, 0.15) is 5.76 Å². The molecular formula is C12H8BF3O4. The third-order valence-corrected chi connectivity index (χ3v) is 2.67. The van der Waals surface area contributed by atoms with E-state index in [-0.39, 0.29) is 22.5 Å². The van der Waals surface area contributed by atoms with Crippen molar-refractivity contribution in [3.8, 4) is 11.3 Å². The highest BCUT2D eigenvalue weighted by molar-refractivity contribution is 6.60. The molecule has 0 aliphatic heterocycles. The second-order valence-electron chi connectivity index (χ2n) is 3.99. The number of halogens is 3. The molecule has 0 fully saturated rings. The fourth-order valence-electron chi connectivity index (χ4n) is 1.73. The van der Waals surface area contributed by atoms with E-state index in [0.29, 0.717) is 6.29 Å². The van der Waals surface area contributed by atoms with Crippen LogP contribution in [0.3, 0.4) is 0 Å². The molecule has 0 saturated carbocycles. The lowest BCUT2D eigenvalue weighted by Crippen LogP contribution is -2.32. The molecule has 0 radical (unpaired) electrons. The summed E-state index contributed by atoms with van der Waals surface area (Å²) in [4.78, 5) is 10.5. The van der Waals surface area contributed by atoms with Crippen molar-refractivity contribution in [3.63, 3.8) is 0 Å². The summed E-state index contributed by atoms with van der Waals surface area (Å²) in [6.45, 7) is 0. The number of carbonyl (C=O) groups is 1. The van der Waals surface area contributed by atoms with E-state index < -0.39 is 18.9 Å². The average Bonchev–Trinajstić information content (AvgIpc) is 2.85. The lowest BCUT2D eigenvalue weighted by atomic mass is 9.76. The summed E-state index contributed by atoms with van der Waals surface area (Å²) in [5, 5.41) is 18.4. The molecule has 8 heteroatoms. The van der Waals surface area contributed by atoms with Crippen LogP contribution in [0.25, 0.3) is 11.3 Å². The van der Waals surface area contributed by atoms with Crippen molar-refractivity contribution in [3.05, 3.63) is 41.7 Å². The topological polar surface area (TPSA) is 70.7 Å². The number of hydrogen-bond donors (Lipinski definition) is 2. The Morgan fingerprint density at radius 3 is 2.35 bits per heavy atom. The number of aldehydes is 1. The molecule has 2 N–H and O–H groups in total. The summed E-state index contributed by atoms with van der Waals surface area (Å²) in [7, 11) is -1.96. The van der Waals surface area contributed by atoms with Gasteiger partial charge >= 0.3 is 13.3 Å². The minimum absolute atomic E-state index is 0.0544. The smallest absolute Gasteiger partial charge is 0.453 e. The molecule has 0 spiro atoms. The number of hydrogen-bond acceptors (Lipinski definition) is 4. The number of alkyl halides is 3. The van der Waals surface area contributed by atoms with Crippen molar-refractivity contribution in [2.45, 2.75) is 6.18 Å². The first-order valence-corrected chi connectivity index (χ1v) is 5.45. The van der Waals surface area contributed by atoms with Gasteiger partial charge in [-0.05, 0) is 23.7 Å². The quantitative estimate of drug-likeness (QED) is 0.661. The van der Waals surface area contributed by atoms with Crippen molar-refractivity contribution < 1.29 is 32.4 Å². The van der Waals surface area contributed by atoms with E-state index >= 15 is 0 Å². The van der Waals surface area contributed by atoms with Crippen molar-refractivity contribution in [2.24, 2.45) is 0 Å². The monoisotopic (exact) mass is 284 g/mol. The second kappa shape index (κ2) is 5.14. The average molecular weight is 284 g/mol. The lowest BCUT2D eigenvalue weighted by molar-refractivity contribution is -0.137. The zero-order chi connectivity index (χ0) is 14.9. The van der Waals surface area contributed by atoms with Crippen LogP contribution in [0.1, 0.15) is 16.1 Å². The Balaban J connectivity index is 2.60. The maximum atomic E-state index is 12.7. The molecule has 104 valence electrons. The van der Waals surface area contributed by atoms with E-state index in [2.05, 4.69) is 0 Å². The van der Waals surface area contributed by atoms with Crippen LogP contribution in [0.15, 0.2) is 34.7 Å². The number of carbonyl (C=O) groups excluding carboxylic acids is 1. The van der Waals surface area contributed by atoms with E-state index in [4.69, 9.17) is 4.42 Å². The molecule has 1 aromatic carbocycles. The minimum atomic E-state index is -4.58. The first-order chi connectivity index (χ1) is 9.32. The van der Waals surface area contributed by atoms with E-state index in [0.717, 1.165) is 18.2 Å². The molecule has 0 atom stereocenters. The maximum Gasteiger partial charge on any atom is 0.489 e. The summed E-state index contributed by atoms with van der Waals surface area (Å²) < 4.78 is 43.0. The molecule has 1 heterocycles. The van der Waals surface area contributed by atoms with Gasteiger partial charge in [-0.2, -0.15) is 13.2 Å². The Morgan fingerprint density at radius 1 is 1.15 bits per heavy atom. The third kappa shape index (κ3) is 2.76. The molecule has 0 saturated heterocycles. The predicted molar refractivity (Wildman–Crippen MR) is 64.4 cm³/mol. The SMILES string of the molecule is O=Cc1ccc(-c2cc(C(F)(F)F)ccc2B(O)O)o1. The lowest BCUT2D eigenvalue weighted by Gasteiger charge is -2.11. The van der Waals surface area contributed by atoms with E-state index in [1.807, 2.05) is 0 Å². The first-order valence-electron chi connectivity index (χ1n) is 5.45. The number of benzene rings is 1. The van der Waals surface area contributed by atoms with Crippen LogP contribution in [0, 0.1) is 0 Å². The van der Waals surface area contributed by atoms with E-state index in [9.17, 15) is 28.0 Å². The second-order valence-corrected chi connectivity index (χ2v) is 3.99. The van der Waals surface area contributed by atoms with Gasteiger partial charge in [0.25, 0.3) is 0 Å². The van der Waals surface area contributed by atoms with Crippen LogP contribution in [0.4, 0.5) is 13.2 Å². The van der Waals surface area contributed by atoms with Gasteiger partial charge in [0, 0.05) is 5.56 Å². The normalized spacial score (nSPS) is 11.4. The number of furan rings is 1. The molecule has 1 aromatic heterocycles. The van der Waals surface area contributed by atoms with Crippen molar-refractivity contribution in [1.29, 1.82) is 0 Å². The number of rotatable bonds is 3. The van der Waals surface area contributed by atoms with Crippen molar-refractivity contribution >= 4 is 18.9 Å². The Bertz CT molecular complexity index is 634. The molecule has 2 rings (SSSR count). The van der Waals surface area contributed by atoms with Crippen molar-refractivity contribution in [1.82, 2.24) is 0 Å². The van der Waals surface area contributed by atoms with Crippen LogP contribution in [-0.2, 0) is 6.18 Å². The molecular weight excluding hydrogens is 276 g/mol. The summed E-state index contributed by atoms with van der Waals surface area (Å²) in [6.07, 6.45) is -4.18. The fraction of sp³-hybridized carbons (Fsp3) is 0.0833.